The van der Waals surface area contributed by atoms with E-state index < -0.39 is 5.97 Å². The number of esters is 1. The van der Waals surface area contributed by atoms with Gasteiger partial charge in [0.05, 0.1) is 12.7 Å². The Morgan fingerprint density at radius 2 is 1.83 bits per heavy atom. The summed E-state index contributed by atoms with van der Waals surface area (Å²) in [6, 6.07) is 13.7. The van der Waals surface area contributed by atoms with Gasteiger partial charge in [0, 0.05) is 17.8 Å². The van der Waals surface area contributed by atoms with Crippen molar-refractivity contribution in [3.8, 4) is 0 Å². The van der Waals surface area contributed by atoms with Crippen LogP contribution in [0.2, 0.25) is 0 Å². The van der Waals surface area contributed by atoms with Crippen molar-refractivity contribution in [3.05, 3.63) is 65.2 Å². The average molecular weight is 324 g/mol. The van der Waals surface area contributed by atoms with E-state index in [1.807, 2.05) is 18.2 Å². The van der Waals surface area contributed by atoms with Crippen LogP contribution in [-0.4, -0.2) is 36.3 Å². The standard InChI is InChI=1S/C18H16N2O4/c1-24-18(23)12-6-8-14(9-7-12)19-16(21)11-20-10-13-4-2-3-5-15(13)17(20)22/h2-9H,10-11H2,1H3,(H,19,21). The first kappa shape index (κ1) is 15.7. The predicted octanol–water partition coefficient (Wildman–Crippen LogP) is 2.07. The van der Waals surface area contributed by atoms with Gasteiger partial charge in [0.2, 0.25) is 5.91 Å². The Kier molecular flexibility index (Phi) is 4.29. The first-order valence-corrected chi connectivity index (χ1v) is 7.44. The maximum absolute atomic E-state index is 12.2. The SMILES string of the molecule is COC(=O)c1ccc(NC(=O)CN2Cc3ccccc3C2=O)cc1. The zero-order valence-corrected chi connectivity index (χ0v) is 13.1. The van der Waals surface area contributed by atoms with Crippen molar-refractivity contribution >= 4 is 23.5 Å². The minimum Gasteiger partial charge on any atom is -0.465 e. The largest absolute Gasteiger partial charge is 0.465 e. The Balaban J connectivity index is 1.61. The molecule has 1 heterocycles. The second kappa shape index (κ2) is 6.54. The van der Waals surface area contributed by atoms with Crippen molar-refractivity contribution in [2.75, 3.05) is 19.0 Å². The number of benzene rings is 2. The molecule has 0 saturated heterocycles. The van der Waals surface area contributed by atoms with Gasteiger partial charge in [-0.15, -0.1) is 0 Å². The predicted molar refractivity (Wildman–Crippen MR) is 87.6 cm³/mol. The van der Waals surface area contributed by atoms with Crippen LogP contribution in [0.3, 0.4) is 0 Å². The third-order valence-corrected chi connectivity index (χ3v) is 3.82. The first-order chi connectivity index (χ1) is 11.6. The lowest BCUT2D eigenvalue weighted by molar-refractivity contribution is -0.116. The zero-order chi connectivity index (χ0) is 17.1. The second-order valence-corrected chi connectivity index (χ2v) is 5.44. The molecule has 3 rings (SSSR count). The van der Waals surface area contributed by atoms with E-state index in [1.54, 1.807) is 30.3 Å². The number of methoxy groups -OCH3 is 1. The van der Waals surface area contributed by atoms with Gasteiger partial charge in [0.1, 0.15) is 6.54 Å². The van der Waals surface area contributed by atoms with Crippen LogP contribution in [0.4, 0.5) is 5.69 Å². The molecule has 2 aromatic carbocycles. The summed E-state index contributed by atoms with van der Waals surface area (Å²) in [5.41, 5.74) is 2.53. The molecule has 0 aliphatic carbocycles. The van der Waals surface area contributed by atoms with Crippen LogP contribution in [0.25, 0.3) is 0 Å². The number of ether oxygens (including phenoxy) is 1. The van der Waals surface area contributed by atoms with Crippen molar-refractivity contribution in [1.82, 2.24) is 4.90 Å². The monoisotopic (exact) mass is 324 g/mol. The van der Waals surface area contributed by atoms with Crippen molar-refractivity contribution in [2.45, 2.75) is 6.54 Å². The van der Waals surface area contributed by atoms with Gasteiger partial charge in [-0.05, 0) is 35.9 Å². The summed E-state index contributed by atoms with van der Waals surface area (Å²) in [5, 5.41) is 2.72. The van der Waals surface area contributed by atoms with Gasteiger partial charge in [-0.3, -0.25) is 9.59 Å². The molecule has 0 radical (unpaired) electrons. The Morgan fingerprint density at radius 3 is 2.50 bits per heavy atom. The molecule has 1 aliphatic rings. The smallest absolute Gasteiger partial charge is 0.337 e. The molecule has 122 valence electrons. The van der Waals surface area contributed by atoms with E-state index in [1.165, 1.54) is 12.0 Å². The Morgan fingerprint density at radius 1 is 1.12 bits per heavy atom. The third-order valence-electron chi connectivity index (χ3n) is 3.82. The number of carbonyl (C=O) groups excluding carboxylic acids is 3. The normalized spacial score (nSPS) is 12.7. The number of hydrogen-bond acceptors (Lipinski definition) is 4. The summed E-state index contributed by atoms with van der Waals surface area (Å²) >= 11 is 0. The number of nitrogens with zero attached hydrogens (tertiary/aromatic N) is 1. The van der Waals surface area contributed by atoms with E-state index in [-0.39, 0.29) is 18.4 Å². The van der Waals surface area contributed by atoms with E-state index in [0.717, 1.165) is 5.56 Å². The molecule has 0 aromatic heterocycles. The number of fused-ring (bicyclic) bond motifs is 1. The lowest BCUT2D eigenvalue weighted by Crippen LogP contribution is -2.33. The molecule has 1 aliphatic heterocycles. The molecule has 2 amide bonds. The lowest BCUT2D eigenvalue weighted by Gasteiger charge is -2.15. The maximum Gasteiger partial charge on any atom is 0.337 e. The molecular weight excluding hydrogens is 308 g/mol. The van der Waals surface area contributed by atoms with Crippen LogP contribution in [0.5, 0.6) is 0 Å². The summed E-state index contributed by atoms with van der Waals surface area (Å²) in [7, 11) is 1.31. The van der Waals surface area contributed by atoms with Gasteiger partial charge in [-0.25, -0.2) is 4.79 Å². The summed E-state index contributed by atoms with van der Waals surface area (Å²) in [6.45, 7) is 0.413. The molecule has 0 fully saturated rings. The lowest BCUT2D eigenvalue weighted by atomic mass is 10.1. The van der Waals surface area contributed by atoms with Gasteiger partial charge in [-0.2, -0.15) is 0 Å². The molecule has 1 N–H and O–H groups in total. The number of hydrogen-bond donors (Lipinski definition) is 1. The quantitative estimate of drug-likeness (QED) is 0.874. The minimum absolute atomic E-state index is 0.0216. The molecular formula is C18H16N2O4. The van der Waals surface area contributed by atoms with Gasteiger partial charge >= 0.3 is 5.97 Å². The van der Waals surface area contributed by atoms with E-state index >= 15 is 0 Å². The summed E-state index contributed by atoms with van der Waals surface area (Å²) in [5.74, 6) is -0.864. The number of nitrogens with one attached hydrogen (secondary N) is 1. The third kappa shape index (κ3) is 3.12. The summed E-state index contributed by atoms with van der Waals surface area (Å²) in [6.07, 6.45) is 0. The first-order valence-electron chi connectivity index (χ1n) is 7.44. The van der Waals surface area contributed by atoms with Crippen molar-refractivity contribution in [1.29, 1.82) is 0 Å². The Labute approximate surface area is 139 Å². The van der Waals surface area contributed by atoms with Crippen LogP contribution in [0.1, 0.15) is 26.3 Å². The van der Waals surface area contributed by atoms with Gasteiger partial charge in [0.25, 0.3) is 5.91 Å². The molecule has 0 atom stereocenters. The fourth-order valence-corrected chi connectivity index (χ4v) is 2.62. The fraction of sp³-hybridized carbons (Fsp3) is 0.167. The summed E-state index contributed by atoms with van der Waals surface area (Å²) in [4.78, 5) is 37.2. The fourth-order valence-electron chi connectivity index (χ4n) is 2.62. The molecule has 0 spiro atoms. The molecule has 6 nitrogen and oxygen atoms in total. The van der Waals surface area contributed by atoms with Gasteiger partial charge in [0.15, 0.2) is 0 Å². The molecule has 24 heavy (non-hydrogen) atoms. The maximum atomic E-state index is 12.2. The van der Waals surface area contributed by atoms with E-state index in [9.17, 15) is 14.4 Å². The van der Waals surface area contributed by atoms with Crippen LogP contribution in [0, 0.1) is 0 Å². The van der Waals surface area contributed by atoms with Crippen molar-refractivity contribution < 1.29 is 19.1 Å². The van der Waals surface area contributed by atoms with E-state index in [2.05, 4.69) is 10.1 Å². The highest BCUT2D eigenvalue weighted by Crippen LogP contribution is 2.22. The molecule has 0 bridgehead atoms. The van der Waals surface area contributed by atoms with Crippen LogP contribution >= 0.6 is 0 Å². The second-order valence-electron chi connectivity index (χ2n) is 5.44. The Bertz CT molecular complexity index is 799. The number of carbonyl (C=O) groups is 3. The minimum atomic E-state index is -0.437. The van der Waals surface area contributed by atoms with Crippen LogP contribution < -0.4 is 5.32 Å². The highest BCUT2D eigenvalue weighted by Gasteiger charge is 2.28. The zero-order valence-electron chi connectivity index (χ0n) is 13.1. The number of rotatable bonds is 4. The summed E-state index contributed by atoms with van der Waals surface area (Å²) < 4.78 is 4.62. The topological polar surface area (TPSA) is 75.7 Å². The molecule has 6 heteroatoms. The van der Waals surface area contributed by atoms with Crippen molar-refractivity contribution in [3.63, 3.8) is 0 Å². The Hall–Kier alpha value is -3.15. The van der Waals surface area contributed by atoms with Gasteiger partial charge in [-0.1, -0.05) is 18.2 Å². The highest BCUT2D eigenvalue weighted by molar-refractivity contribution is 6.02. The number of amides is 2. The van der Waals surface area contributed by atoms with Crippen LogP contribution in [0.15, 0.2) is 48.5 Å². The van der Waals surface area contributed by atoms with E-state index in [4.69, 9.17) is 0 Å². The van der Waals surface area contributed by atoms with Gasteiger partial charge < -0.3 is 15.0 Å². The number of anilines is 1. The van der Waals surface area contributed by atoms with Crippen molar-refractivity contribution in [2.24, 2.45) is 0 Å². The average Bonchev–Trinajstić information content (AvgIpc) is 2.91. The van der Waals surface area contributed by atoms with E-state index in [0.29, 0.717) is 23.4 Å². The molecule has 0 saturated carbocycles. The highest BCUT2D eigenvalue weighted by atomic mass is 16.5. The molecule has 2 aromatic rings. The molecule has 0 unspecified atom stereocenters. The van der Waals surface area contributed by atoms with Crippen LogP contribution in [-0.2, 0) is 16.1 Å².